The minimum absolute atomic E-state index is 0.0593. The van der Waals surface area contributed by atoms with E-state index >= 15 is 0 Å². The molecule has 4 heteroatoms. The highest BCUT2D eigenvalue weighted by molar-refractivity contribution is 6.09. The highest BCUT2D eigenvalue weighted by Gasteiger charge is 2.17. The Hall–Kier alpha value is -2.04. The van der Waals surface area contributed by atoms with Gasteiger partial charge >= 0.3 is 0 Å². The largest absolute Gasteiger partial charge is 0.349 e. The van der Waals surface area contributed by atoms with Crippen LogP contribution < -0.4 is 0 Å². The van der Waals surface area contributed by atoms with Gasteiger partial charge in [-0.05, 0) is 32.0 Å². The summed E-state index contributed by atoms with van der Waals surface area (Å²) in [7, 11) is 0. The van der Waals surface area contributed by atoms with E-state index in [1.807, 2.05) is 19.9 Å². The molecular formula is C18H19FO3. The Morgan fingerprint density at radius 3 is 2.36 bits per heavy atom. The SMILES string of the molecule is CCOC(OCC)c1cccc(C(=O)c2ccccc2F)c1. The maximum atomic E-state index is 13.8. The molecule has 0 unspecified atom stereocenters. The molecule has 0 aromatic heterocycles. The van der Waals surface area contributed by atoms with Gasteiger partial charge in [-0.3, -0.25) is 4.79 Å². The molecule has 0 aliphatic rings. The average Bonchev–Trinajstić information content (AvgIpc) is 2.54. The summed E-state index contributed by atoms with van der Waals surface area (Å²) in [5.74, 6) is -0.879. The lowest BCUT2D eigenvalue weighted by atomic mass is 10.0. The zero-order chi connectivity index (χ0) is 15.9. The van der Waals surface area contributed by atoms with Crippen LogP contribution in [0.2, 0.25) is 0 Å². The first-order chi connectivity index (χ1) is 10.7. The van der Waals surface area contributed by atoms with Crippen LogP contribution in [-0.4, -0.2) is 19.0 Å². The highest BCUT2D eigenvalue weighted by atomic mass is 19.1. The van der Waals surface area contributed by atoms with E-state index in [2.05, 4.69) is 0 Å². The number of ketones is 1. The Morgan fingerprint density at radius 2 is 1.73 bits per heavy atom. The van der Waals surface area contributed by atoms with Crippen molar-refractivity contribution in [1.29, 1.82) is 0 Å². The predicted molar refractivity (Wildman–Crippen MR) is 82.3 cm³/mol. The van der Waals surface area contributed by atoms with Crippen LogP contribution in [0.5, 0.6) is 0 Å². The Morgan fingerprint density at radius 1 is 1.05 bits per heavy atom. The van der Waals surface area contributed by atoms with Crippen molar-refractivity contribution in [2.75, 3.05) is 13.2 Å². The molecule has 0 aliphatic carbocycles. The van der Waals surface area contributed by atoms with Crippen molar-refractivity contribution < 1.29 is 18.7 Å². The van der Waals surface area contributed by atoms with Crippen molar-refractivity contribution in [2.24, 2.45) is 0 Å². The lowest BCUT2D eigenvalue weighted by molar-refractivity contribution is -0.140. The number of carbonyl (C=O) groups excluding carboxylic acids is 1. The summed E-state index contributed by atoms with van der Waals surface area (Å²) in [5, 5.41) is 0. The van der Waals surface area contributed by atoms with Crippen molar-refractivity contribution >= 4 is 5.78 Å². The molecule has 0 heterocycles. The number of carbonyl (C=O) groups is 1. The van der Waals surface area contributed by atoms with Gasteiger partial charge in [-0.1, -0.05) is 30.3 Å². The molecule has 0 aliphatic heterocycles. The number of hydrogen-bond donors (Lipinski definition) is 0. The van der Waals surface area contributed by atoms with Crippen LogP contribution in [0, 0.1) is 5.82 Å². The van der Waals surface area contributed by atoms with Crippen LogP contribution in [-0.2, 0) is 9.47 Å². The number of halogens is 1. The second-order valence-corrected chi connectivity index (χ2v) is 4.68. The molecule has 22 heavy (non-hydrogen) atoms. The van der Waals surface area contributed by atoms with Gasteiger partial charge in [0.05, 0.1) is 5.56 Å². The lowest BCUT2D eigenvalue weighted by Gasteiger charge is -2.17. The Bertz CT molecular complexity index is 634. The molecule has 2 aromatic carbocycles. The second-order valence-electron chi connectivity index (χ2n) is 4.68. The maximum Gasteiger partial charge on any atom is 0.195 e. The van der Waals surface area contributed by atoms with E-state index in [-0.39, 0.29) is 11.3 Å². The van der Waals surface area contributed by atoms with Crippen molar-refractivity contribution in [2.45, 2.75) is 20.1 Å². The summed E-state index contributed by atoms with van der Waals surface area (Å²) < 4.78 is 24.8. The van der Waals surface area contributed by atoms with Gasteiger partial charge in [0.15, 0.2) is 12.1 Å². The molecule has 0 spiro atoms. The number of benzene rings is 2. The zero-order valence-corrected chi connectivity index (χ0v) is 12.7. The highest BCUT2D eigenvalue weighted by Crippen LogP contribution is 2.22. The maximum absolute atomic E-state index is 13.8. The smallest absolute Gasteiger partial charge is 0.195 e. The summed E-state index contributed by atoms with van der Waals surface area (Å²) in [5.41, 5.74) is 1.21. The molecule has 0 fully saturated rings. The van der Waals surface area contributed by atoms with E-state index in [1.54, 1.807) is 30.3 Å². The van der Waals surface area contributed by atoms with E-state index < -0.39 is 12.1 Å². The minimum atomic E-state index is -0.525. The summed E-state index contributed by atoms with van der Waals surface area (Å²) >= 11 is 0. The van der Waals surface area contributed by atoms with Crippen LogP contribution in [0.15, 0.2) is 48.5 Å². The van der Waals surface area contributed by atoms with Gasteiger partial charge < -0.3 is 9.47 Å². The molecule has 0 radical (unpaired) electrons. The molecule has 0 amide bonds. The lowest BCUT2D eigenvalue weighted by Crippen LogP contribution is -2.10. The van der Waals surface area contributed by atoms with Crippen molar-refractivity contribution in [1.82, 2.24) is 0 Å². The molecule has 0 saturated carbocycles. The van der Waals surface area contributed by atoms with E-state index in [1.165, 1.54) is 12.1 Å². The fraction of sp³-hybridized carbons (Fsp3) is 0.278. The van der Waals surface area contributed by atoms with Gasteiger partial charge in [-0.25, -0.2) is 4.39 Å². The second kappa shape index (κ2) is 7.82. The standard InChI is InChI=1S/C18H19FO3/c1-3-21-18(22-4-2)14-9-7-8-13(12-14)17(20)15-10-5-6-11-16(15)19/h5-12,18H,3-4H2,1-2H3. The third kappa shape index (κ3) is 3.78. The Balaban J connectivity index is 2.31. The first kappa shape index (κ1) is 16.3. The minimum Gasteiger partial charge on any atom is -0.349 e. The van der Waals surface area contributed by atoms with Crippen LogP contribution in [0.3, 0.4) is 0 Å². The van der Waals surface area contributed by atoms with E-state index in [4.69, 9.17) is 9.47 Å². The number of hydrogen-bond acceptors (Lipinski definition) is 3. The topological polar surface area (TPSA) is 35.5 Å². The van der Waals surface area contributed by atoms with Gasteiger partial charge in [0.2, 0.25) is 0 Å². The molecule has 0 atom stereocenters. The van der Waals surface area contributed by atoms with Crippen molar-refractivity contribution in [3.8, 4) is 0 Å². The quantitative estimate of drug-likeness (QED) is 0.570. The zero-order valence-electron chi connectivity index (χ0n) is 12.7. The van der Waals surface area contributed by atoms with Gasteiger partial charge in [-0.2, -0.15) is 0 Å². The van der Waals surface area contributed by atoms with Gasteiger partial charge in [-0.15, -0.1) is 0 Å². The number of ether oxygens (including phenoxy) is 2. The van der Waals surface area contributed by atoms with E-state index in [9.17, 15) is 9.18 Å². The molecule has 0 N–H and O–H groups in total. The summed E-state index contributed by atoms with van der Waals surface area (Å²) in [6.07, 6.45) is -0.525. The van der Waals surface area contributed by atoms with Crippen molar-refractivity contribution in [3.05, 3.63) is 71.0 Å². The predicted octanol–water partition coefficient (Wildman–Crippen LogP) is 4.13. The summed E-state index contributed by atoms with van der Waals surface area (Å²) in [6.45, 7) is 4.74. The normalized spacial score (nSPS) is 10.9. The average molecular weight is 302 g/mol. The van der Waals surface area contributed by atoms with Gasteiger partial charge in [0.1, 0.15) is 5.82 Å². The first-order valence-electron chi connectivity index (χ1n) is 7.29. The molecule has 2 rings (SSSR count). The monoisotopic (exact) mass is 302 g/mol. The Kier molecular flexibility index (Phi) is 5.81. The third-order valence-corrected chi connectivity index (χ3v) is 3.18. The van der Waals surface area contributed by atoms with Gasteiger partial charge in [0, 0.05) is 24.3 Å². The van der Waals surface area contributed by atoms with Crippen LogP contribution >= 0.6 is 0 Å². The van der Waals surface area contributed by atoms with Crippen molar-refractivity contribution in [3.63, 3.8) is 0 Å². The number of rotatable bonds is 7. The van der Waals surface area contributed by atoms with Crippen LogP contribution in [0.4, 0.5) is 4.39 Å². The van der Waals surface area contributed by atoms with Crippen LogP contribution in [0.25, 0.3) is 0 Å². The van der Waals surface area contributed by atoms with Gasteiger partial charge in [0.25, 0.3) is 0 Å². The molecular weight excluding hydrogens is 283 g/mol. The van der Waals surface area contributed by atoms with Crippen LogP contribution in [0.1, 0.15) is 41.6 Å². The molecule has 3 nitrogen and oxygen atoms in total. The molecule has 0 saturated heterocycles. The molecule has 116 valence electrons. The fourth-order valence-electron chi connectivity index (χ4n) is 2.17. The molecule has 2 aromatic rings. The third-order valence-electron chi connectivity index (χ3n) is 3.18. The summed E-state index contributed by atoms with van der Waals surface area (Å²) in [4.78, 5) is 12.4. The molecule has 0 bridgehead atoms. The van der Waals surface area contributed by atoms with E-state index in [0.29, 0.717) is 18.8 Å². The fourth-order valence-corrected chi connectivity index (χ4v) is 2.17. The first-order valence-corrected chi connectivity index (χ1v) is 7.29. The van der Waals surface area contributed by atoms with E-state index in [0.717, 1.165) is 5.56 Å². The Labute approximate surface area is 129 Å². The summed E-state index contributed by atoms with van der Waals surface area (Å²) in [6, 6.07) is 12.9.